The van der Waals surface area contributed by atoms with Gasteiger partial charge in [0.05, 0.1) is 31.0 Å². The summed E-state index contributed by atoms with van der Waals surface area (Å²) in [6, 6.07) is 10.2. The molecule has 0 atom stereocenters. The number of benzene rings is 1. The molecule has 3 nitrogen and oxygen atoms in total. The number of halogens is 2. The molecule has 0 fully saturated rings. The lowest BCUT2D eigenvalue weighted by Gasteiger charge is -2.05. The number of thiophene rings is 1. The molecule has 1 aromatic heterocycles. The maximum absolute atomic E-state index is 11.9. The molecule has 0 radical (unpaired) electrons. The number of nitrogens with one attached hydrogen (secondary N) is 1. The molecule has 0 bridgehead atoms. The minimum absolute atomic E-state index is 0.225. The molecule has 0 unspecified atom stereocenters. The van der Waals surface area contributed by atoms with Gasteiger partial charge in [-0.1, -0.05) is 11.6 Å². The Morgan fingerprint density at radius 1 is 1.39 bits per heavy atom. The maximum atomic E-state index is 11.9. The second-order valence-corrected chi connectivity index (χ2v) is 6.23. The fraction of sp³-hybridized carbons (Fsp3) is 0. The van der Waals surface area contributed by atoms with Crippen molar-refractivity contribution in [1.82, 2.24) is 0 Å². The molecule has 6 heteroatoms. The summed E-state index contributed by atoms with van der Waals surface area (Å²) in [5.74, 6) is -0.225. The number of carbonyl (C=O) groups excluding carboxylic acids is 1. The van der Waals surface area contributed by atoms with E-state index in [-0.39, 0.29) is 5.91 Å². The van der Waals surface area contributed by atoms with Crippen molar-refractivity contribution in [3.05, 3.63) is 49.6 Å². The third kappa shape index (κ3) is 2.91. The molecule has 1 aromatic carbocycles. The molecule has 2 aromatic rings. The van der Waals surface area contributed by atoms with Gasteiger partial charge in [0, 0.05) is 0 Å². The van der Waals surface area contributed by atoms with Gasteiger partial charge in [0.15, 0.2) is 0 Å². The van der Waals surface area contributed by atoms with Gasteiger partial charge in [-0.25, -0.2) is 0 Å². The molecule has 1 heterocycles. The first-order chi connectivity index (χ1) is 8.60. The molecule has 0 aliphatic rings. The number of rotatable bonds is 2. The van der Waals surface area contributed by atoms with Crippen LogP contribution in [0.4, 0.5) is 5.69 Å². The van der Waals surface area contributed by atoms with E-state index in [1.807, 2.05) is 6.07 Å². The first-order valence-corrected chi connectivity index (χ1v) is 6.85. The Labute approximate surface area is 121 Å². The van der Waals surface area contributed by atoms with Crippen molar-refractivity contribution >= 4 is 50.5 Å². The highest BCUT2D eigenvalue weighted by atomic mass is 79.9. The van der Waals surface area contributed by atoms with Crippen LogP contribution in [0.1, 0.15) is 15.2 Å². The van der Waals surface area contributed by atoms with Crippen LogP contribution in [0.3, 0.4) is 0 Å². The molecular formula is C12H6BrClN2OS. The van der Waals surface area contributed by atoms with Crippen molar-refractivity contribution in [1.29, 1.82) is 5.26 Å². The van der Waals surface area contributed by atoms with Crippen LogP contribution in [0, 0.1) is 11.3 Å². The largest absolute Gasteiger partial charge is 0.320 e. The van der Waals surface area contributed by atoms with Gasteiger partial charge in [-0.15, -0.1) is 11.3 Å². The molecular weight excluding hydrogens is 336 g/mol. The Balaban J connectivity index is 2.20. The average molecular weight is 342 g/mol. The van der Waals surface area contributed by atoms with Crippen molar-refractivity contribution in [3.8, 4) is 6.07 Å². The van der Waals surface area contributed by atoms with Gasteiger partial charge in [0.1, 0.15) is 0 Å². The summed E-state index contributed by atoms with van der Waals surface area (Å²) in [7, 11) is 0. The Hall–Kier alpha value is -1.35. The molecule has 0 aliphatic carbocycles. The molecule has 0 saturated carbocycles. The first kappa shape index (κ1) is 13.1. The summed E-state index contributed by atoms with van der Waals surface area (Å²) in [5.41, 5.74) is 0.946. The topological polar surface area (TPSA) is 52.9 Å². The van der Waals surface area contributed by atoms with Gasteiger partial charge in [-0.3, -0.25) is 4.79 Å². The summed E-state index contributed by atoms with van der Waals surface area (Å²) >= 11 is 10.6. The van der Waals surface area contributed by atoms with Crippen molar-refractivity contribution in [3.63, 3.8) is 0 Å². The number of amides is 1. The van der Waals surface area contributed by atoms with E-state index < -0.39 is 0 Å². The zero-order chi connectivity index (χ0) is 13.1. The van der Waals surface area contributed by atoms with Crippen LogP contribution in [0.25, 0.3) is 0 Å². The van der Waals surface area contributed by atoms with Crippen molar-refractivity contribution in [2.45, 2.75) is 0 Å². The van der Waals surface area contributed by atoms with E-state index in [1.54, 1.807) is 24.3 Å². The van der Waals surface area contributed by atoms with E-state index in [0.717, 1.165) is 3.79 Å². The van der Waals surface area contributed by atoms with E-state index in [4.69, 9.17) is 16.9 Å². The Bertz CT molecular complexity index is 648. The molecule has 18 heavy (non-hydrogen) atoms. The zero-order valence-electron chi connectivity index (χ0n) is 8.91. The summed E-state index contributed by atoms with van der Waals surface area (Å²) in [4.78, 5) is 12.5. The minimum atomic E-state index is -0.225. The van der Waals surface area contributed by atoms with Crippen LogP contribution in [0.5, 0.6) is 0 Å². The van der Waals surface area contributed by atoms with Crippen LogP contribution in [0.15, 0.2) is 34.1 Å². The van der Waals surface area contributed by atoms with Crippen LogP contribution in [0.2, 0.25) is 5.02 Å². The highest BCUT2D eigenvalue weighted by molar-refractivity contribution is 9.11. The van der Waals surface area contributed by atoms with E-state index in [1.165, 1.54) is 17.4 Å². The van der Waals surface area contributed by atoms with Gasteiger partial charge < -0.3 is 5.32 Å². The fourth-order valence-corrected chi connectivity index (χ4v) is 2.82. The van der Waals surface area contributed by atoms with Crippen LogP contribution in [-0.2, 0) is 0 Å². The number of hydrogen-bond acceptors (Lipinski definition) is 3. The monoisotopic (exact) mass is 340 g/mol. The van der Waals surface area contributed by atoms with Crippen molar-refractivity contribution in [2.24, 2.45) is 0 Å². The van der Waals surface area contributed by atoms with E-state index in [0.29, 0.717) is 21.2 Å². The molecule has 0 aliphatic heterocycles. The van der Waals surface area contributed by atoms with Crippen LogP contribution < -0.4 is 5.32 Å². The lowest BCUT2D eigenvalue weighted by molar-refractivity contribution is 0.103. The quantitative estimate of drug-likeness (QED) is 0.886. The highest BCUT2D eigenvalue weighted by Gasteiger charge is 2.10. The molecule has 1 N–H and O–H groups in total. The smallest absolute Gasteiger partial charge is 0.265 e. The van der Waals surface area contributed by atoms with Crippen molar-refractivity contribution < 1.29 is 4.79 Å². The summed E-state index contributed by atoms with van der Waals surface area (Å²) in [6.45, 7) is 0. The van der Waals surface area contributed by atoms with Crippen LogP contribution >= 0.6 is 38.9 Å². The van der Waals surface area contributed by atoms with Gasteiger partial charge >= 0.3 is 0 Å². The Morgan fingerprint density at radius 2 is 2.17 bits per heavy atom. The van der Waals surface area contributed by atoms with Gasteiger partial charge in [0.25, 0.3) is 5.91 Å². The summed E-state index contributed by atoms with van der Waals surface area (Å²) in [6.07, 6.45) is 0. The lowest BCUT2D eigenvalue weighted by Crippen LogP contribution is -2.10. The molecule has 90 valence electrons. The summed E-state index contributed by atoms with van der Waals surface area (Å²) < 4.78 is 0.888. The minimum Gasteiger partial charge on any atom is -0.320 e. The summed E-state index contributed by atoms with van der Waals surface area (Å²) in [5, 5.41) is 11.8. The van der Waals surface area contributed by atoms with E-state index >= 15 is 0 Å². The average Bonchev–Trinajstić information content (AvgIpc) is 2.78. The normalized spacial score (nSPS) is 9.83. The standard InChI is InChI=1S/C12H6BrClN2OS/c13-11-4-3-10(18-11)12(17)16-9-2-1-7(6-15)5-8(9)14/h1-5H,(H,16,17). The second kappa shape index (κ2) is 5.53. The molecule has 0 saturated heterocycles. The first-order valence-electron chi connectivity index (χ1n) is 4.86. The highest BCUT2D eigenvalue weighted by Crippen LogP contribution is 2.26. The Morgan fingerprint density at radius 3 is 2.72 bits per heavy atom. The Kier molecular flexibility index (Phi) is 4.02. The molecule has 2 rings (SSSR count). The van der Waals surface area contributed by atoms with E-state index in [2.05, 4.69) is 21.2 Å². The second-order valence-electron chi connectivity index (χ2n) is 3.36. The third-order valence-corrected chi connectivity index (χ3v) is 4.08. The number of nitrogens with zero attached hydrogens (tertiary/aromatic N) is 1. The van der Waals surface area contributed by atoms with E-state index in [9.17, 15) is 4.79 Å². The van der Waals surface area contributed by atoms with Crippen molar-refractivity contribution in [2.75, 3.05) is 5.32 Å². The lowest BCUT2D eigenvalue weighted by atomic mass is 10.2. The predicted octanol–water partition coefficient (Wildman–Crippen LogP) is 4.29. The fourth-order valence-electron chi connectivity index (χ4n) is 1.31. The van der Waals surface area contributed by atoms with Gasteiger partial charge in [-0.05, 0) is 46.3 Å². The number of anilines is 1. The third-order valence-electron chi connectivity index (χ3n) is 2.14. The maximum Gasteiger partial charge on any atom is 0.265 e. The molecule has 1 amide bonds. The molecule has 0 spiro atoms. The van der Waals surface area contributed by atoms with Gasteiger partial charge in [0.2, 0.25) is 0 Å². The zero-order valence-corrected chi connectivity index (χ0v) is 12.1. The predicted molar refractivity (Wildman–Crippen MR) is 76.1 cm³/mol. The van der Waals surface area contributed by atoms with Crippen LogP contribution in [-0.4, -0.2) is 5.91 Å². The number of nitriles is 1. The number of hydrogen-bond donors (Lipinski definition) is 1. The number of carbonyl (C=O) groups is 1. The SMILES string of the molecule is N#Cc1ccc(NC(=O)c2ccc(Br)s2)c(Cl)c1. The van der Waals surface area contributed by atoms with Gasteiger partial charge in [-0.2, -0.15) is 5.26 Å².